The summed E-state index contributed by atoms with van der Waals surface area (Å²) in [6.45, 7) is 0.396. The Morgan fingerprint density at radius 2 is 0.769 bits per heavy atom. The van der Waals surface area contributed by atoms with Crippen LogP contribution in [0.5, 0.6) is 23.0 Å². The minimum absolute atomic E-state index is 0.0741. The third kappa shape index (κ3) is 7.27. The lowest BCUT2D eigenvalue weighted by Crippen LogP contribution is -2.07. The highest BCUT2D eigenvalue weighted by molar-refractivity contribution is 5.59. The third-order valence-electron chi connectivity index (χ3n) is 9.26. The number of ether oxygens (including phenoxy) is 2. The summed E-state index contributed by atoms with van der Waals surface area (Å²) >= 11 is 0. The van der Waals surface area contributed by atoms with Crippen molar-refractivity contribution in [1.29, 1.82) is 0 Å². The number of benzene rings is 6. The smallest absolute Gasteiger partial charge is 0.270 e. The average molecular weight is 695 g/mol. The molecule has 0 amide bonds. The molecule has 0 fully saturated rings. The highest BCUT2D eigenvalue weighted by Gasteiger charge is 2.24. The van der Waals surface area contributed by atoms with Crippen molar-refractivity contribution in [2.75, 3.05) is 0 Å². The summed E-state index contributed by atoms with van der Waals surface area (Å²) in [5.74, 6) is 0.769. The first-order chi connectivity index (χ1) is 25.2. The molecule has 10 heteroatoms. The Balaban J connectivity index is 1.43. The van der Waals surface area contributed by atoms with Crippen molar-refractivity contribution >= 4 is 11.4 Å². The fourth-order valence-corrected chi connectivity index (χ4v) is 6.72. The molecule has 10 nitrogen and oxygen atoms in total. The molecule has 0 saturated heterocycles. The first kappa shape index (κ1) is 33.8. The summed E-state index contributed by atoms with van der Waals surface area (Å²) in [6, 6.07) is 35.5. The van der Waals surface area contributed by atoms with Crippen LogP contribution < -0.4 is 9.47 Å². The van der Waals surface area contributed by atoms with E-state index in [1.54, 1.807) is 12.1 Å². The van der Waals surface area contributed by atoms with E-state index >= 15 is 0 Å². The first-order valence-electron chi connectivity index (χ1n) is 16.8. The van der Waals surface area contributed by atoms with Crippen molar-refractivity contribution in [3.63, 3.8) is 0 Å². The molecule has 0 unspecified atom stereocenters. The van der Waals surface area contributed by atoms with E-state index in [0.717, 1.165) is 11.1 Å². The van der Waals surface area contributed by atoms with E-state index in [9.17, 15) is 30.4 Å². The fraction of sp³-hybridized carbons (Fsp3) is 0.143. The fourth-order valence-electron chi connectivity index (χ4n) is 6.72. The molecule has 52 heavy (non-hydrogen) atoms. The van der Waals surface area contributed by atoms with Gasteiger partial charge in [-0.25, -0.2) is 0 Å². The first-order valence-corrected chi connectivity index (χ1v) is 16.8. The van der Waals surface area contributed by atoms with Crippen LogP contribution in [0.3, 0.4) is 0 Å². The zero-order valence-corrected chi connectivity index (χ0v) is 28.0. The second-order valence-electron chi connectivity index (χ2n) is 12.8. The van der Waals surface area contributed by atoms with Gasteiger partial charge in [-0.3, -0.25) is 20.2 Å². The van der Waals surface area contributed by atoms with E-state index in [0.29, 0.717) is 56.0 Å². The molecule has 6 aromatic rings. The summed E-state index contributed by atoms with van der Waals surface area (Å²) in [7, 11) is 0. The quantitative estimate of drug-likeness (QED) is 0.119. The van der Waals surface area contributed by atoms with E-state index in [2.05, 4.69) is 0 Å². The summed E-state index contributed by atoms with van der Waals surface area (Å²) in [6.07, 6.45) is 0.341. The number of phenols is 2. The molecule has 1 aliphatic carbocycles. The van der Waals surface area contributed by atoms with Gasteiger partial charge in [0.1, 0.15) is 36.2 Å². The molecular formula is C42H34N2O8. The minimum Gasteiger partial charge on any atom is -0.507 e. The zero-order valence-electron chi connectivity index (χ0n) is 28.0. The average Bonchev–Trinajstić information content (AvgIpc) is 3.14. The molecule has 0 heterocycles. The van der Waals surface area contributed by atoms with Gasteiger partial charge in [-0.15, -0.1) is 0 Å². The molecule has 8 bridgehead atoms. The monoisotopic (exact) mass is 694 g/mol. The van der Waals surface area contributed by atoms with E-state index in [4.69, 9.17) is 9.47 Å². The Morgan fingerprint density at radius 3 is 1.06 bits per heavy atom. The van der Waals surface area contributed by atoms with Crippen LogP contribution in [0.2, 0.25) is 0 Å². The second-order valence-corrected chi connectivity index (χ2v) is 12.8. The summed E-state index contributed by atoms with van der Waals surface area (Å²) in [4.78, 5) is 23.5. The number of nitrogens with zero attached hydrogens (tertiary/aromatic N) is 2. The summed E-state index contributed by atoms with van der Waals surface area (Å²) in [5, 5.41) is 47.9. The highest BCUT2D eigenvalue weighted by atomic mass is 16.6. The van der Waals surface area contributed by atoms with Gasteiger partial charge in [0.15, 0.2) is 0 Å². The normalized spacial score (nSPS) is 12.2. The van der Waals surface area contributed by atoms with E-state index in [1.807, 2.05) is 84.9 Å². The lowest BCUT2D eigenvalue weighted by atomic mass is 9.91. The number of fused-ring (bicyclic) bond motifs is 8. The van der Waals surface area contributed by atoms with E-state index in [-0.39, 0.29) is 61.8 Å². The molecule has 1 aliphatic rings. The van der Waals surface area contributed by atoms with Crippen molar-refractivity contribution in [2.45, 2.75) is 38.9 Å². The van der Waals surface area contributed by atoms with Crippen molar-refractivity contribution in [2.24, 2.45) is 0 Å². The van der Waals surface area contributed by atoms with Crippen LogP contribution in [0.4, 0.5) is 11.4 Å². The molecule has 7 rings (SSSR count). The van der Waals surface area contributed by atoms with Gasteiger partial charge in [0.2, 0.25) is 0 Å². The lowest BCUT2D eigenvalue weighted by Gasteiger charge is -2.20. The summed E-state index contributed by atoms with van der Waals surface area (Å²) in [5.41, 5.74) is 5.37. The SMILES string of the molecule is O=[N+]([O-])c1cc2c(O)c(c1)Cc1cccc(c1OCc1ccccc1)Cc1cc([N+](=O)[O-])cc(c1O)Cc1cccc(c1OCc1ccccc1)C2. The third-order valence-corrected chi connectivity index (χ3v) is 9.26. The number of rotatable bonds is 8. The van der Waals surface area contributed by atoms with Crippen molar-refractivity contribution < 1.29 is 29.5 Å². The van der Waals surface area contributed by atoms with E-state index < -0.39 is 9.85 Å². The standard InChI is InChI=1S/C42H34N2O8/c45-39-33-17-29-13-7-14-30(41(29)51-25-27-9-3-1-4-10-27)18-34-22-38(44(49)50)24-36(40(34)46)20-32-16-8-15-31(19-35(39)23-37(21-33)43(47)48)42(32)52-26-28-11-5-2-6-12-28/h1-16,21-24,45-46H,17-20,25-26H2. The summed E-state index contributed by atoms with van der Waals surface area (Å²) < 4.78 is 12.9. The van der Waals surface area contributed by atoms with Crippen LogP contribution in [0.1, 0.15) is 55.6 Å². The number of para-hydroxylation sites is 2. The van der Waals surface area contributed by atoms with Gasteiger partial charge < -0.3 is 19.7 Å². The second kappa shape index (κ2) is 14.7. The predicted octanol–water partition coefficient (Wildman–Crippen LogP) is 8.75. The number of aromatic hydroxyl groups is 2. The van der Waals surface area contributed by atoms with Crippen molar-refractivity contribution in [1.82, 2.24) is 0 Å². The topological polar surface area (TPSA) is 145 Å². The Morgan fingerprint density at radius 1 is 0.462 bits per heavy atom. The number of hydrogen-bond donors (Lipinski definition) is 2. The van der Waals surface area contributed by atoms with Crippen LogP contribution in [0.15, 0.2) is 121 Å². The maximum Gasteiger partial charge on any atom is 0.270 e. The largest absolute Gasteiger partial charge is 0.507 e. The maximum atomic E-state index is 12.2. The van der Waals surface area contributed by atoms with Crippen LogP contribution in [0, 0.1) is 20.2 Å². The van der Waals surface area contributed by atoms with Crippen LogP contribution >= 0.6 is 0 Å². The van der Waals surface area contributed by atoms with Gasteiger partial charge in [-0.2, -0.15) is 0 Å². The molecular weight excluding hydrogens is 660 g/mol. The number of phenolic OH excluding ortho intramolecular Hbond substituents is 2. The maximum absolute atomic E-state index is 12.2. The van der Waals surface area contributed by atoms with Crippen molar-refractivity contribution in [3.8, 4) is 23.0 Å². The Hall–Kier alpha value is -6.68. The van der Waals surface area contributed by atoms with Gasteiger partial charge in [-0.05, 0) is 33.4 Å². The van der Waals surface area contributed by atoms with Gasteiger partial charge in [0.05, 0.1) is 9.85 Å². The highest BCUT2D eigenvalue weighted by Crippen LogP contribution is 2.40. The molecule has 0 aliphatic heterocycles. The van der Waals surface area contributed by atoms with Gasteiger partial charge in [0.25, 0.3) is 11.4 Å². The zero-order chi connectivity index (χ0) is 36.2. The Labute approximate surface area is 299 Å². The number of nitro benzene ring substituents is 2. The molecule has 260 valence electrons. The predicted molar refractivity (Wildman–Crippen MR) is 195 cm³/mol. The molecule has 0 atom stereocenters. The molecule has 0 saturated carbocycles. The molecule has 6 aromatic carbocycles. The number of non-ortho nitro benzene ring substituents is 2. The Kier molecular flexibility index (Phi) is 9.53. The van der Waals surface area contributed by atoms with Gasteiger partial charge >= 0.3 is 0 Å². The molecule has 0 radical (unpaired) electrons. The van der Waals surface area contributed by atoms with Crippen LogP contribution in [-0.2, 0) is 38.9 Å². The van der Waals surface area contributed by atoms with Crippen LogP contribution in [0.25, 0.3) is 0 Å². The van der Waals surface area contributed by atoms with Crippen LogP contribution in [-0.4, -0.2) is 20.1 Å². The van der Waals surface area contributed by atoms with Gasteiger partial charge in [0, 0.05) is 72.2 Å². The minimum atomic E-state index is -0.473. The molecule has 0 aromatic heterocycles. The lowest BCUT2D eigenvalue weighted by molar-refractivity contribution is -0.385. The molecule has 2 N–H and O–H groups in total. The Bertz CT molecular complexity index is 2040. The van der Waals surface area contributed by atoms with E-state index in [1.165, 1.54) is 24.3 Å². The number of nitro groups is 2. The van der Waals surface area contributed by atoms with Crippen molar-refractivity contribution in [3.05, 3.63) is 197 Å². The number of hydrogen-bond acceptors (Lipinski definition) is 8. The van der Waals surface area contributed by atoms with Gasteiger partial charge in [-0.1, -0.05) is 97.1 Å². The molecule has 0 spiro atoms.